The van der Waals surface area contributed by atoms with E-state index in [4.69, 9.17) is 5.73 Å². The molecule has 0 aromatic heterocycles. The van der Waals surface area contributed by atoms with Crippen molar-refractivity contribution in [1.29, 1.82) is 5.26 Å². The molecule has 2 heterocycles. The van der Waals surface area contributed by atoms with Gasteiger partial charge in [0.1, 0.15) is 12.1 Å². The van der Waals surface area contributed by atoms with Crippen molar-refractivity contribution in [2.75, 3.05) is 47.8 Å². The molecule has 0 radical (unpaired) electrons. The van der Waals surface area contributed by atoms with Crippen LogP contribution in [0.15, 0.2) is 66.7 Å². The molecule has 0 spiro atoms. The fraction of sp³-hybridized carbons (Fsp3) is 0.344. The largest absolute Gasteiger partial charge is 0.382 e. The Hall–Kier alpha value is -4.51. The first-order valence-electron chi connectivity index (χ1n) is 13.9. The molecule has 3 aromatic carbocycles. The minimum absolute atomic E-state index is 0.0811. The van der Waals surface area contributed by atoms with Gasteiger partial charge in [0.25, 0.3) is 5.91 Å². The van der Waals surface area contributed by atoms with E-state index in [2.05, 4.69) is 29.3 Å². The molecule has 0 saturated carbocycles. The van der Waals surface area contributed by atoms with Gasteiger partial charge in [-0.15, -0.1) is 0 Å². The zero-order valence-corrected chi connectivity index (χ0v) is 23.1. The second kappa shape index (κ2) is 11.7. The number of rotatable bonds is 6. The molecule has 8 nitrogen and oxygen atoms in total. The maximum atomic E-state index is 13.7. The van der Waals surface area contributed by atoms with Crippen LogP contribution < -0.4 is 20.9 Å². The molecule has 206 valence electrons. The number of nitriles is 1. The Labute approximate surface area is 236 Å². The van der Waals surface area contributed by atoms with Crippen LogP contribution in [0.5, 0.6) is 0 Å². The molecular weight excluding hydrogens is 500 g/mol. The lowest BCUT2D eigenvalue weighted by atomic mass is 9.99. The number of piperazine rings is 1. The van der Waals surface area contributed by atoms with E-state index in [0.29, 0.717) is 24.2 Å². The zero-order valence-electron chi connectivity index (χ0n) is 23.1. The number of benzene rings is 3. The molecule has 0 bridgehead atoms. The fourth-order valence-electron chi connectivity index (χ4n) is 5.88. The molecule has 0 aliphatic carbocycles. The summed E-state index contributed by atoms with van der Waals surface area (Å²) in [6.45, 7) is 7.02. The molecule has 1 atom stereocenters. The standard InChI is InChI=1S/C32H36N6O2/c1-22-18-23(2)28(35-25-12-14-36(15-13-25)29-11-7-6-8-24(29)20-33)19-27(22)32(40)37-16-17-38(30(21-37)31(34)39)26-9-4-3-5-10-26/h3-11,18-19,25,30,35H,12-17,21H2,1-2H3,(H2,34,39)/t30-/m0/s1. The number of hydrogen-bond donors (Lipinski definition) is 2. The predicted molar refractivity (Wildman–Crippen MR) is 159 cm³/mol. The summed E-state index contributed by atoms with van der Waals surface area (Å²) >= 11 is 0. The van der Waals surface area contributed by atoms with Gasteiger partial charge in [-0.05, 0) is 68.1 Å². The van der Waals surface area contributed by atoms with Crippen LogP contribution in [0.2, 0.25) is 0 Å². The molecule has 2 aliphatic heterocycles. The predicted octanol–water partition coefficient (Wildman–Crippen LogP) is 4.07. The van der Waals surface area contributed by atoms with Crippen molar-refractivity contribution in [2.24, 2.45) is 5.73 Å². The minimum Gasteiger partial charge on any atom is -0.382 e. The maximum absolute atomic E-state index is 13.7. The second-order valence-electron chi connectivity index (χ2n) is 10.7. The Balaban J connectivity index is 1.27. The number of carbonyl (C=O) groups is 2. The van der Waals surface area contributed by atoms with Crippen LogP contribution in [-0.2, 0) is 4.79 Å². The number of nitrogens with two attached hydrogens (primary N) is 1. The lowest BCUT2D eigenvalue weighted by Gasteiger charge is -2.41. The van der Waals surface area contributed by atoms with E-state index in [-0.39, 0.29) is 18.5 Å². The van der Waals surface area contributed by atoms with Crippen molar-refractivity contribution in [3.63, 3.8) is 0 Å². The van der Waals surface area contributed by atoms with Crippen LogP contribution in [0.1, 0.15) is 39.9 Å². The molecule has 5 rings (SSSR count). The van der Waals surface area contributed by atoms with Crippen molar-refractivity contribution in [3.8, 4) is 6.07 Å². The Bertz CT molecular complexity index is 1430. The average Bonchev–Trinajstić information content (AvgIpc) is 2.98. The quantitative estimate of drug-likeness (QED) is 0.492. The Morgan fingerprint density at radius 3 is 2.33 bits per heavy atom. The molecular formula is C32H36N6O2. The van der Waals surface area contributed by atoms with Gasteiger partial charge in [-0.2, -0.15) is 5.26 Å². The van der Waals surface area contributed by atoms with Gasteiger partial charge in [-0.1, -0.05) is 36.4 Å². The third-order valence-corrected chi connectivity index (χ3v) is 8.11. The number of nitrogens with one attached hydrogen (secondary N) is 1. The normalized spacial score (nSPS) is 17.8. The summed E-state index contributed by atoms with van der Waals surface area (Å²) in [7, 11) is 0. The van der Waals surface area contributed by atoms with E-state index >= 15 is 0 Å². The van der Waals surface area contributed by atoms with Crippen molar-refractivity contribution in [2.45, 2.75) is 38.8 Å². The molecule has 3 aromatic rings. The number of para-hydroxylation sites is 2. The lowest BCUT2D eigenvalue weighted by molar-refractivity contribution is -0.119. The van der Waals surface area contributed by atoms with Crippen LogP contribution in [0.25, 0.3) is 0 Å². The Kier molecular flexibility index (Phi) is 7.92. The van der Waals surface area contributed by atoms with Crippen LogP contribution in [0, 0.1) is 25.2 Å². The topological polar surface area (TPSA) is 106 Å². The van der Waals surface area contributed by atoms with Crippen molar-refractivity contribution in [3.05, 3.63) is 89.0 Å². The summed E-state index contributed by atoms with van der Waals surface area (Å²) < 4.78 is 0. The van der Waals surface area contributed by atoms with Gasteiger partial charge in [0.2, 0.25) is 5.91 Å². The smallest absolute Gasteiger partial charge is 0.254 e. The van der Waals surface area contributed by atoms with Crippen LogP contribution in [0.3, 0.4) is 0 Å². The van der Waals surface area contributed by atoms with E-state index in [1.807, 2.05) is 72.5 Å². The summed E-state index contributed by atoms with van der Waals surface area (Å²) in [5.74, 6) is -0.518. The molecule has 3 N–H and O–H groups in total. The van der Waals surface area contributed by atoms with Crippen LogP contribution in [0.4, 0.5) is 17.1 Å². The fourth-order valence-corrected chi connectivity index (χ4v) is 5.88. The third kappa shape index (κ3) is 5.59. The van der Waals surface area contributed by atoms with Crippen molar-refractivity contribution >= 4 is 28.9 Å². The first-order chi connectivity index (χ1) is 19.4. The van der Waals surface area contributed by atoms with Gasteiger partial charge >= 0.3 is 0 Å². The minimum atomic E-state index is -0.584. The number of amides is 2. The summed E-state index contributed by atoms with van der Waals surface area (Å²) in [6, 6.07) is 23.5. The van der Waals surface area contributed by atoms with Crippen LogP contribution >= 0.6 is 0 Å². The third-order valence-electron chi connectivity index (χ3n) is 8.11. The number of anilines is 3. The Morgan fingerprint density at radius 2 is 1.62 bits per heavy atom. The van der Waals surface area contributed by atoms with Gasteiger partial charge in [-0.25, -0.2) is 0 Å². The molecule has 2 saturated heterocycles. The lowest BCUT2D eigenvalue weighted by Crippen LogP contribution is -2.59. The molecule has 8 heteroatoms. The summed E-state index contributed by atoms with van der Waals surface area (Å²) in [5, 5.41) is 13.2. The first-order valence-corrected chi connectivity index (χ1v) is 13.9. The van der Waals surface area contributed by atoms with Gasteiger partial charge in [-0.3, -0.25) is 9.59 Å². The number of piperidine rings is 1. The number of primary amides is 1. The highest BCUT2D eigenvalue weighted by molar-refractivity contribution is 5.98. The molecule has 2 aliphatic rings. The number of hydrogen-bond acceptors (Lipinski definition) is 6. The number of nitrogens with zero attached hydrogens (tertiary/aromatic N) is 4. The highest BCUT2D eigenvalue weighted by Gasteiger charge is 2.34. The van der Waals surface area contributed by atoms with E-state index in [1.54, 1.807) is 4.90 Å². The first kappa shape index (κ1) is 27.1. The molecule has 40 heavy (non-hydrogen) atoms. The van der Waals surface area contributed by atoms with Gasteiger partial charge < -0.3 is 25.8 Å². The highest BCUT2D eigenvalue weighted by Crippen LogP contribution is 2.29. The average molecular weight is 537 g/mol. The maximum Gasteiger partial charge on any atom is 0.254 e. The van der Waals surface area contributed by atoms with E-state index in [1.165, 1.54) is 0 Å². The van der Waals surface area contributed by atoms with Crippen molar-refractivity contribution in [1.82, 2.24) is 4.90 Å². The van der Waals surface area contributed by atoms with E-state index in [9.17, 15) is 14.9 Å². The number of carbonyl (C=O) groups excluding carboxylic acids is 2. The highest BCUT2D eigenvalue weighted by atomic mass is 16.2. The number of aryl methyl sites for hydroxylation is 2. The van der Waals surface area contributed by atoms with Gasteiger partial charge in [0.15, 0.2) is 0 Å². The molecule has 2 amide bonds. The second-order valence-corrected chi connectivity index (χ2v) is 10.7. The summed E-state index contributed by atoms with van der Waals surface area (Å²) in [6.07, 6.45) is 1.86. The van der Waals surface area contributed by atoms with Crippen molar-refractivity contribution < 1.29 is 9.59 Å². The monoisotopic (exact) mass is 536 g/mol. The summed E-state index contributed by atoms with van der Waals surface area (Å²) in [4.78, 5) is 32.2. The van der Waals surface area contributed by atoms with Crippen LogP contribution in [-0.4, -0.2) is 61.5 Å². The van der Waals surface area contributed by atoms with Gasteiger partial charge in [0, 0.05) is 49.2 Å². The van der Waals surface area contributed by atoms with E-state index < -0.39 is 11.9 Å². The van der Waals surface area contributed by atoms with E-state index in [0.717, 1.165) is 54.1 Å². The summed E-state index contributed by atoms with van der Waals surface area (Å²) in [5.41, 5.74) is 12.0. The molecule has 0 unspecified atom stereocenters. The van der Waals surface area contributed by atoms with Gasteiger partial charge in [0.05, 0.1) is 17.8 Å². The Morgan fingerprint density at radius 1 is 0.925 bits per heavy atom. The molecule has 2 fully saturated rings. The SMILES string of the molecule is Cc1cc(C)c(C(=O)N2CCN(c3ccccc3)[C@H](C(N)=O)C2)cc1NC1CCN(c2ccccc2C#N)CC1. The zero-order chi connectivity index (χ0) is 28.2.